The van der Waals surface area contributed by atoms with E-state index in [9.17, 15) is 4.39 Å². The highest BCUT2D eigenvalue weighted by Gasteiger charge is 2.28. The molecule has 25 heavy (non-hydrogen) atoms. The van der Waals surface area contributed by atoms with Gasteiger partial charge in [-0.25, -0.2) is 9.07 Å². The average molecular weight is 342 g/mol. The van der Waals surface area contributed by atoms with Crippen LogP contribution in [0.3, 0.4) is 0 Å². The molecule has 0 spiro atoms. The van der Waals surface area contributed by atoms with Crippen LogP contribution in [-0.2, 0) is 6.42 Å². The number of hydrogen-bond acceptors (Lipinski definition) is 3. The van der Waals surface area contributed by atoms with Crippen molar-refractivity contribution in [3.05, 3.63) is 41.3 Å². The van der Waals surface area contributed by atoms with Crippen LogP contribution in [0.15, 0.2) is 24.3 Å². The van der Waals surface area contributed by atoms with Gasteiger partial charge in [0.1, 0.15) is 11.6 Å². The third-order valence-electron chi connectivity index (χ3n) is 5.65. The van der Waals surface area contributed by atoms with E-state index in [1.807, 2.05) is 16.8 Å². The molecular formula is C20H27FN4. The van der Waals surface area contributed by atoms with Crippen molar-refractivity contribution < 1.29 is 4.39 Å². The molecule has 2 aliphatic heterocycles. The summed E-state index contributed by atoms with van der Waals surface area (Å²) in [6, 6.07) is 6.66. The maximum absolute atomic E-state index is 13.3. The third-order valence-corrected chi connectivity index (χ3v) is 5.65. The van der Waals surface area contributed by atoms with Crippen molar-refractivity contribution in [1.82, 2.24) is 14.7 Å². The smallest absolute Gasteiger partial charge is 0.133 e. The van der Waals surface area contributed by atoms with E-state index in [0.717, 1.165) is 44.1 Å². The summed E-state index contributed by atoms with van der Waals surface area (Å²) in [6.07, 6.45) is 5.84. The lowest BCUT2D eigenvalue weighted by atomic mass is 9.90. The maximum atomic E-state index is 13.3. The molecule has 1 fully saturated rings. The zero-order chi connectivity index (χ0) is 17.2. The van der Waals surface area contributed by atoms with E-state index in [0.29, 0.717) is 5.92 Å². The number of fused-ring (bicyclic) bond motifs is 1. The van der Waals surface area contributed by atoms with Gasteiger partial charge in [-0.15, -0.1) is 0 Å². The monoisotopic (exact) mass is 342 g/mol. The highest BCUT2D eigenvalue weighted by molar-refractivity contribution is 5.55. The fourth-order valence-corrected chi connectivity index (χ4v) is 4.15. The number of rotatable bonds is 3. The predicted molar refractivity (Wildman–Crippen MR) is 99.0 cm³/mol. The summed E-state index contributed by atoms with van der Waals surface area (Å²) >= 11 is 0. The molecule has 1 aromatic carbocycles. The fraction of sp³-hybridized carbons (Fsp3) is 0.550. The minimum absolute atomic E-state index is 0.206. The molecule has 0 saturated carbocycles. The number of likely N-dealkylation sites (tertiary alicyclic amines) is 1. The second-order valence-corrected chi connectivity index (χ2v) is 7.19. The molecule has 4 nitrogen and oxygen atoms in total. The molecule has 0 bridgehead atoms. The zero-order valence-electron chi connectivity index (χ0n) is 15.0. The van der Waals surface area contributed by atoms with Gasteiger partial charge in [0, 0.05) is 18.0 Å². The van der Waals surface area contributed by atoms with E-state index in [1.165, 1.54) is 49.1 Å². The molecule has 1 aromatic heterocycles. The van der Waals surface area contributed by atoms with Crippen LogP contribution in [0.2, 0.25) is 0 Å². The first-order valence-corrected chi connectivity index (χ1v) is 9.60. The van der Waals surface area contributed by atoms with Gasteiger partial charge in [-0.3, -0.25) is 0 Å². The van der Waals surface area contributed by atoms with Crippen molar-refractivity contribution in [1.29, 1.82) is 0 Å². The van der Waals surface area contributed by atoms with E-state index >= 15 is 0 Å². The van der Waals surface area contributed by atoms with Crippen LogP contribution in [0.1, 0.15) is 49.8 Å². The molecule has 2 aliphatic rings. The van der Waals surface area contributed by atoms with Crippen molar-refractivity contribution in [2.24, 2.45) is 0 Å². The van der Waals surface area contributed by atoms with Gasteiger partial charge < -0.3 is 10.2 Å². The van der Waals surface area contributed by atoms with Crippen molar-refractivity contribution in [3.63, 3.8) is 0 Å². The Morgan fingerprint density at radius 2 is 1.92 bits per heavy atom. The number of nitrogens with zero attached hydrogens (tertiary/aromatic N) is 3. The van der Waals surface area contributed by atoms with Gasteiger partial charge in [-0.1, -0.05) is 6.92 Å². The Kier molecular flexibility index (Phi) is 4.75. The highest BCUT2D eigenvalue weighted by atomic mass is 19.1. The predicted octanol–water partition coefficient (Wildman–Crippen LogP) is 3.96. The number of piperidine rings is 1. The van der Waals surface area contributed by atoms with Gasteiger partial charge in [0.15, 0.2) is 0 Å². The molecule has 0 radical (unpaired) electrons. The van der Waals surface area contributed by atoms with Gasteiger partial charge >= 0.3 is 0 Å². The topological polar surface area (TPSA) is 33.1 Å². The van der Waals surface area contributed by atoms with Crippen molar-refractivity contribution in [2.45, 2.75) is 44.9 Å². The standard InChI is InChI=1S/C20H27FN4/c1-2-24-13-10-15(11-14-24)19-18-5-3-4-12-22-20(18)25(23-19)17-8-6-16(21)7-9-17/h6-9,15,22H,2-5,10-14H2,1H3. The largest absolute Gasteiger partial charge is 0.370 e. The van der Waals surface area contributed by atoms with Gasteiger partial charge in [0.25, 0.3) is 0 Å². The SMILES string of the molecule is CCN1CCC(c2nn(-c3ccc(F)cc3)c3c2CCCCN3)CC1. The first-order chi connectivity index (χ1) is 12.3. The summed E-state index contributed by atoms with van der Waals surface area (Å²) in [5.41, 5.74) is 3.59. The summed E-state index contributed by atoms with van der Waals surface area (Å²) in [5.74, 6) is 1.46. The third kappa shape index (κ3) is 3.30. The number of hydrogen-bond donors (Lipinski definition) is 1. The second-order valence-electron chi connectivity index (χ2n) is 7.19. The van der Waals surface area contributed by atoms with Gasteiger partial charge in [0.05, 0.1) is 11.4 Å². The molecule has 4 rings (SSSR count). The van der Waals surface area contributed by atoms with E-state index in [2.05, 4.69) is 17.1 Å². The van der Waals surface area contributed by atoms with Crippen LogP contribution in [0.4, 0.5) is 10.2 Å². The molecule has 2 aromatic rings. The van der Waals surface area contributed by atoms with Gasteiger partial charge in [-0.05, 0) is 76.0 Å². The Labute approximate surface area is 149 Å². The Hall–Kier alpha value is -1.88. The first-order valence-electron chi connectivity index (χ1n) is 9.60. The lowest BCUT2D eigenvalue weighted by Gasteiger charge is -2.30. The summed E-state index contributed by atoms with van der Waals surface area (Å²) in [7, 11) is 0. The van der Waals surface area contributed by atoms with E-state index in [4.69, 9.17) is 5.10 Å². The quantitative estimate of drug-likeness (QED) is 0.916. The molecular weight excluding hydrogens is 315 g/mol. The molecule has 0 amide bonds. The number of nitrogens with one attached hydrogen (secondary N) is 1. The zero-order valence-corrected chi connectivity index (χ0v) is 15.0. The first kappa shape index (κ1) is 16.6. The lowest BCUT2D eigenvalue weighted by Crippen LogP contribution is -2.33. The van der Waals surface area contributed by atoms with Crippen molar-refractivity contribution in [2.75, 3.05) is 31.5 Å². The van der Waals surface area contributed by atoms with Gasteiger partial charge in [-0.2, -0.15) is 5.10 Å². The lowest BCUT2D eigenvalue weighted by molar-refractivity contribution is 0.220. The summed E-state index contributed by atoms with van der Waals surface area (Å²) in [5, 5.41) is 8.60. The second kappa shape index (κ2) is 7.16. The van der Waals surface area contributed by atoms with E-state index < -0.39 is 0 Å². The molecule has 1 N–H and O–H groups in total. The van der Waals surface area contributed by atoms with Crippen LogP contribution in [-0.4, -0.2) is 40.9 Å². The minimum atomic E-state index is -0.206. The van der Waals surface area contributed by atoms with Crippen molar-refractivity contribution in [3.8, 4) is 5.69 Å². The summed E-state index contributed by atoms with van der Waals surface area (Å²) < 4.78 is 15.3. The van der Waals surface area contributed by atoms with Crippen molar-refractivity contribution >= 4 is 5.82 Å². The maximum Gasteiger partial charge on any atom is 0.133 e. The molecule has 0 unspecified atom stereocenters. The van der Waals surface area contributed by atoms with Crippen LogP contribution in [0, 0.1) is 5.82 Å². The highest BCUT2D eigenvalue weighted by Crippen LogP contribution is 2.36. The van der Waals surface area contributed by atoms with Crippen LogP contribution in [0.5, 0.6) is 0 Å². The summed E-state index contributed by atoms with van der Waals surface area (Å²) in [4.78, 5) is 2.52. The molecule has 1 saturated heterocycles. The van der Waals surface area contributed by atoms with Gasteiger partial charge in [0.2, 0.25) is 0 Å². The van der Waals surface area contributed by atoms with E-state index in [-0.39, 0.29) is 5.82 Å². The van der Waals surface area contributed by atoms with E-state index in [1.54, 1.807) is 0 Å². The minimum Gasteiger partial charge on any atom is -0.370 e. The Bertz CT molecular complexity index is 714. The molecule has 0 atom stereocenters. The Morgan fingerprint density at radius 3 is 2.64 bits per heavy atom. The Balaban J connectivity index is 1.71. The summed E-state index contributed by atoms with van der Waals surface area (Å²) in [6.45, 7) is 6.67. The van der Waals surface area contributed by atoms with Crippen LogP contribution in [0.25, 0.3) is 5.69 Å². The number of benzene rings is 1. The molecule has 5 heteroatoms. The number of anilines is 1. The number of halogens is 1. The Morgan fingerprint density at radius 1 is 1.16 bits per heavy atom. The average Bonchev–Trinajstić information content (AvgIpc) is 2.84. The normalized spacial score (nSPS) is 19.3. The molecule has 3 heterocycles. The molecule has 134 valence electrons. The van der Waals surface area contributed by atoms with Crippen LogP contribution < -0.4 is 5.32 Å². The fourth-order valence-electron chi connectivity index (χ4n) is 4.15. The molecule has 0 aliphatic carbocycles. The number of aromatic nitrogens is 2. The van der Waals surface area contributed by atoms with Crippen LogP contribution >= 0.6 is 0 Å².